The minimum absolute atomic E-state index is 0.426. The average molecular weight is 402 g/mol. The molecule has 0 aliphatic rings. The number of H-pyrrole nitrogens is 1. The summed E-state index contributed by atoms with van der Waals surface area (Å²) in [5, 5.41) is 37.2. The van der Waals surface area contributed by atoms with Crippen LogP contribution in [0, 0.1) is 0 Å². The number of carbonyl (C=O) groups is 2. The SMILES string of the molecule is Nc1[nH]c(=O)c(C(=O)O)c(-c2ccc(OC(F)(F)F)c(B(O)O)c2)c1C(=O)O. The van der Waals surface area contributed by atoms with Gasteiger partial charge in [-0.3, -0.25) is 4.79 Å². The molecule has 0 amide bonds. The van der Waals surface area contributed by atoms with Crippen LogP contribution in [0.5, 0.6) is 5.75 Å². The summed E-state index contributed by atoms with van der Waals surface area (Å²) in [6.07, 6.45) is -5.18. The highest BCUT2D eigenvalue weighted by atomic mass is 19.4. The summed E-state index contributed by atoms with van der Waals surface area (Å²) < 4.78 is 41.0. The maximum Gasteiger partial charge on any atom is 0.573 e. The van der Waals surface area contributed by atoms with Crippen LogP contribution < -0.4 is 21.5 Å². The molecule has 7 N–H and O–H groups in total. The number of benzene rings is 1. The number of carboxylic acid groups (broad SMARTS) is 2. The fraction of sp³-hybridized carbons (Fsp3) is 0.0714. The van der Waals surface area contributed by atoms with Crippen molar-refractivity contribution in [3.63, 3.8) is 0 Å². The van der Waals surface area contributed by atoms with Crippen molar-refractivity contribution in [2.24, 2.45) is 0 Å². The second kappa shape index (κ2) is 7.24. The molecule has 0 saturated heterocycles. The number of nitrogens with two attached hydrogens (primary N) is 1. The third-order valence-corrected chi connectivity index (χ3v) is 3.47. The molecule has 148 valence electrons. The van der Waals surface area contributed by atoms with Gasteiger partial charge in [0.25, 0.3) is 5.56 Å². The number of hydrogen-bond acceptors (Lipinski definition) is 7. The Morgan fingerprint density at radius 3 is 2.14 bits per heavy atom. The predicted octanol–water partition coefficient (Wildman–Crippen LogP) is -0.401. The molecule has 0 aliphatic carbocycles. The van der Waals surface area contributed by atoms with E-state index in [1.807, 2.05) is 4.98 Å². The number of aromatic nitrogens is 1. The van der Waals surface area contributed by atoms with Gasteiger partial charge in [-0.15, -0.1) is 13.2 Å². The molecule has 0 fully saturated rings. The van der Waals surface area contributed by atoms with Gasteiger partial charge in [0.2, 0.25) is 0 Å². The fourth-order valence-corrected chi connectivity index (χ4v) is 2.46. The molecule has 0 aliphatic heterocycles. The van der Waals surface area contributed by atoms with Crippen LogP contribution in [0.3, 0.4) is 0 Å². The van der Waals surface area contributed by atoms with Gasteiger partial charge in [-0.1, -0.05) is 12.1 Å². The monoisotopic (exact) mass is 402 g/mol. The quantitative estimate of drug-likeness (QED) is 0.362. The Kier molecular flexibility index (Phi) is 5.38. The van der Waals surface area contributed by atoms with Gasteiger partial charge >= 0.3 is 25.4 Å². The fourth-order valence-electron chi connectivity index (χ4n) is 2.46. The normalized spacial score (nSPS) is 11.2. The molecule has 14 heteroatoms. The minimum atomic E-state index is -5.18. The minimum Gasteiger partial charge on any atom is -0.478 e. The molecule has 2 aromatic rings. The van der Waals surface area contributed by atoms with Crippen LogP contribution in [-0.2, 0) is 0 Å². The zero-order chi connectivity index (χ0) is 21.4. The maximum atomic E-state index is 12.5. The Balaban J connectivity index is 2.88. The van der Waals surface area contributed by atoms with Crippen molar-refractivity contribution >= 4 is 30.3 Å². The molecule has 1 aromatic carbocycles. The molecule has 0 atom stereocenters. The van der Waals surface area contributed by atoms with Gasteiger partial charge in [0.05, 0.1) is 0 Å². The van der Waals surface area contributed by atoms with E-state index in [0.29, 0.717) is 12.1 Å². The third-order valence-electron chi connectivity index (χ3n) is 3.47. The summed E-state index contributed by atoms with van der Waals surface area (Å²) in [5.41, 5.74) is 0.239. The van der Waals surface area contributed by atoms with Gasteiger partial charge in [-0.2, -0.15) is 0 Å². The average Bonchev–Trinajstić information content (AvgIpc) is 2.51. The second-order valence-corrected chi connectivity index (χ2v) is 5.28. The van der Waals surface area contributed by atoms with Crippen LogP contribution in [0.4, 0.5) is 19.0 Å². The first kappa shape index (κ1) is 20.8. The molecule has 10 nitrogen and oxygen atoms in total. The Morgan fingerprint density at radius 1 is 1.11 bits per heavy atom. The molecule has 28 heavy (non-hydrogen) atoms. The molecular formula is C14H10BF3N2O8. The first-order chi connectivity index (χ1) is 12.8. The molecule has 0 spiro atoms. The van der Waals surface area contributed by atoms with Crippen LogP contribution in [-0.4, -0.2) is 50.7 Å². The number of ether oxygens (including phenoxy) is 1. The maximum absolute atomic E-state index is 12.5. The highest BCUT2D eigenvalue weighted by Gasteiger charge is 2.34. The number of rotatable bonds is 5. The molecular weight excluding hydrogens is 392 g/mol. The van der Waals surface area contributed by atoms with Crippen molar-refractivity contribution in [2.45, 2.75) is 6.36 Å². The number of aromatic carboxylic acids is 2. The molecule has 2 rings (SSSR count). The van der Waals surface area contributed by atoms with Crippen LogP contribution in [0.15, 0.2) is 23.0 Å². The Morgan fingerprint density at radius 2 is 1.68 bits per heavy atom. The predicted molar refractivity (Wildman–Crippen MR) is 87.3 cm³/mol. The number of halogens is 3. The van der Waals surface area contributed by atoms with Gasteiger partial charge in [0.1, 0.15) is 22.7 Å². The smallest absolute Gasteiger partial charge is 0.478 e. The molecule has 0 saturated carbocycles. The molecule has 0 bridgehead atoms. The summed E-state index contributed by atoms with van der Waals surface area (Å²) >= 11 is 0. The lowest BCUT2D eigenvalue weighted by Gasteiger charge is -2.16. The Labute approximate surface area is 152 Å². The highest BCUT2D eigenvalue weighted by molar-refractivity contribution is 6.59. The van der Waals surface area contributed by atoms with Crippen LogP contribution >= 0.6 is 0 Å². The summed E-state index contributed by atoms with van der Waals surface area (Å²) in [6.45, 7) is 0. The largest absolute Gasteiger partial charge is 0.573 e. The van der Waals surface area contributed by atoms with Crippen LogP contribution in [0.25, 0.3) is 11.1 Å². The molecule has 1 aromatic heterocycles. The van der Waals surface area contributed by atoms with Crippen molar-refractivity contribution in [1.29, 1.82) is 0 Å². The van der Waals surface area contributed by atoms with E-state index in [1.165, 1.54) is 0 Å². The van der Waals surface area contributed by atoms with E-state index < -0.39 is 70.3 Å². The highest BCUT2D eigenvalue weighted by Crippen LogP contribution is 2.31. The summed E-state index contributed by atoms with van der Waals surface area (Å²) in [7, 11) is -2.50. The summed E-state index contributed by atoms with van der Waals surface area (Å²) in [5.74, 6) is -5.33. The number of aromatic amines is 1. The van der Waals surface area contributed by atoms with Crippen LogP contribution in [0.1, 0.15) is 20.7 Å². The number of carboxylic acids is 2. The number of nitrogen functional groups attached to an aromatic ring is 1. The van der Waals surface area contributed by atoms with E-state index in [4.69, 9.17) is 5.73 Å². The molecule has 0 radical (unpaired) electrons. The Hall–Kier alpha value is -3.52. The zero-order valence-corrected chi connectivity index (χ0v) is 13.4. The van der Waals surface area contributed by atoms with E-state index >= 15 is 0 Å². The van der Waals surface area contributed by atoms with Gasteiger partial charge < -0.3 is 35.7 Å². The number of pyridine rings is 1. The lowest BCUT2D eigenvalue weighted by molar-refractivity contribution is -0.274. The standard InChI is InChI=1S/C14H10BF3N2O8/c16-14(17,18)28-6-2-1-4(3-5(6)15(26)27)7-8(12(22)23)10(19)20-11(21)9(7)13(24)25/h1-3,26-27H,(H,22,23)(H,24,25)(H3,19,20,21). The van der Waals surface area contributed by atoms with Crippen molar-refractivity contribution in [3.8, 4) is 16.9 Å². The molecule has 0 unspecified atom stereocenters. The summed E-state index contributed by atoms with van der Waals surface area (Å²) in [6, 6.07) is 2.05. The van der Waals surface area contributed by atoms with E-state index in [9.17, 15) is 47.8 Å². The first-order valence-corrected chi connectivity index (χ1v) is 7.12. The van der Waals surface area contributed by atoms with Gasteiger partial charge in [0, 0.05) is 11.0 Å². The molecule has 1 heterocycles. The zero-order valence-electron chi connectivity index (χ0n) is 13.4. The van der Waals surface area contributed by atoms with E-state index in [1.54, 1.807) is 0 Å². The number of alkyl halides is 3. The van der Waals surface area contributed by atoms with E-state index in [2.05, 4.69) is 4.74 Å². The van der Waals surface area contributed by atoms with Crippen molar-refractivity contribution in [1.82, 2.24) is 4.98 Å². The lowest BCUT2D eigenvalue weighted by Crippen LogP contribution is -2.34. The van der Waals surface area contributed by atoms with Crippen LogP contribution in [0.2, 0.25) is 0 Å². The van der Waals surface area contributed by atoms with Crippen molar-refractivity contribution in [3.05, 3.63) is 39.7 Å². The number of hydrogen-bond donors (Lipinski definition) is 6. The van der Waals surface area contributed by atoms with Crippen molar-refractivity contribution < 1.29 is 47.8 Å². The summed E-state index contributed by atoms with van der Waals surface area (Å²) in [4.78, 5) is 36.7. The van der Waals surface area contributed by atoms with Gasteiger partial charge in [0.15, 0.2) is 0 Å². The van der Waals surface area contributed by atoms with E-state index in [0.717, 1.165) is 6.07 Å². The lowest BCUT2D eigenvalue weighted by atomic mass is 9.77. The third kappa shape index (κ3) is 4.07. The second-order valence-electron chi connectivity index (χ2n) is 5.28. The number of anilines is 1. The van der Waals surface area contributed by atoms with Gasteiger partial charge in [-0.05, 0) is 11.6 Å². The first-order valence-electron chi connectivity index (χ1n) is 7.12. The Bertz CT molecular complexity index is 1020. The number of nitrogens with one attached hydrogen (secondary N) is 1. The van der Waals surface area contributed by atoms with Gasteiger partial charge in [-0.25, -0.2) is 9.59 Å². The van der Waals surface area contributed by atoms with Crippen molar-refractivity contribution in [2.75, 3.05) is 5.73 Å². The van der Waals surface area contributed by atoms with E-state index in [-0.39, 0.29) is 0 Å². The topological polar surface area (TPSA) is 183 Å².